The van der Waals surface area contributed by atoms with Gasteiger partial charge in [-0.25, -0.2) is 4.98 Å². The van der Waals surface area contributed by atoms with Crippen molar-refractivity contribution < 1.29 is 9.84 Å². The zero-order valence-electron chi connectivity index (χ0n) is 7.29. The van der Waals surface area contributed by atoms with Crippen LogP contribution in [0.4, 0.5) is 0 Å². The van der Waals surface area contributed by atoms with E-state index in [-0.39, 0.29) is 5.75 Å². The second-order valence-electron chi connectivity index (χ2n) is 2.64. The molecular formula is C10H8N2O2. The van der Waals surface area contributed by atoms with Gasteiger partial charge in [-0.2, -0.15) is 0 Å². The average molecular weight is 188 g/mol. The number of nitrogens with zero attached hydrogens (tertiary/aromatic N) is 2. The summed E-state index contributed by atoms with van der Waals surface area (Å²) >= 11 is 0. The highest BCUT2D eigenvalue weighted by Crippen LogP contribution is 2.20. The third-order valence-electron chi connectivity index (χ3n) is 1.60. The van der Waals surface area contributed by atoms with Crippen LogP contribution in [0.15, 0.2) is 42.9 Å². The van der Waals surface area contributed by atoms with Crippen LogP contribution in [0.25, 0.3) is 0 Å². The van der Waals surface area contributed by atoms with Gasteiger partial charge < -0.3 is 9.84 Å². The summed E-state index contributed by atoms with van der Waals surface area (Å²) in [7, 11) is 0. The minimum atomic E-state index is 0.205. The minimum Gasteiger partial charge on any atom is -0.508 e. The van der Waals surface area contributed by atoms with Gasteiger partial charge in [0.15, 0.2) is 0 Å². The van der Waals surface area contributed by atoms with Crippen molar-refractivity contribution in [3.63, 3.8) is 0 Å². The molecule has 4 heteroatoms. The Morgan fingerprint density at radius 1 is 1.07 bits per heavy atom. The lowest BCUT2D eigenvalue weighted by molar-refractivity contribution is 0.452. The highest BCUT2D eigenvalue weighted by atomic mass is 16.5. The van der Waals surface area contributed by atoms with Gasteiger partial charge in [-0.3, -0.25) is 4.98 Å². The van der Waals surface area contributed by atoms with Gasteiger partial charge in [-0.05, 0) is 24.3 Å². The van der Waals surface area contributed by atoms with E-state index in [9.17, 15) is 0 Å². The molecule has 2 aromatic rings. The van der Waals surface area contributed by atoms with Crippen molar-refractivity contribution in [1.82, 2.24) is 9.97 Å². The molecule has 1 aromatic heterocycles. The Kier molecular flexibility index (Phi) is 2.27. The number of benzene rings is 1. The summed E-state index contributed by atoms with van der Waals surface area (Å²) in [5.41, 5.74) is 0. The zero-order valence-corrected chi connectivity index (χ0v) is 7.29. The minimum absolute atomic E-state index is 0.205. The lowest BCUT2D eigenvalue weighted by Crippen LogP contribution is -1.87. The van der Waals surface area contributed by atoms with Crippen LogP contribution < -0.4 is 4.74 Å². The quantitative estimate of drug-likeness (QED) is 0.782. The maximum Gasteiger partial charge on any atom is 0.237 e. The average Bonchev–Trinajstić information content (AvgIpc) is 2.23. The summed E-state index contributed by atoms with van der Waals surface area (Å²) in [6.07, 6.45) is 4.65. The molecule has 1 N–H and O–H groups in total. The first kappa shape index (κ1) is 8.50. The van der Waals surface area contributed by atoms with Crippen LogP contribution in [0.3, 0.4) is 0 Å². The largest absolute Gasteiger partial charge is 0.508 e. The molecule has 1 aromatic carbocycles. The van der Waals surface area contributed by atoms with E-state index in [1.165, 1.54) is 6.20 Å². The van der Waals surface area contributed by atoms with Gasteiger partial charge in [0, 0.05) is 12.4 Å². The van der Waals surface area contributed by atoms with Gasteiger partial charge in [-0.1, -0.05) is 0 Å². The SMILES string of the molecule is Oc1ccc(Oc2cnccn2)cc1. The molecule has 0 amide bonds. The third-order valence-corrected chi connectivity index (χ3v) is 1.60. The monoisotopic (exact) mass is 188 g/mol. The van der Waals surface area contributed by atoms with E-state index in [0.29, 0.717) is 11.6 Å². The lowest BCUT2D eigenvalue weighted by atomic mass is 10.3. The summed E-state index contributed by atoms with van der Waals surface area (Å²) in [6, 6.07) is 6.41. The fourth-order valence-corrected chi connectivity index (χ4v) is 0.973. The van der Waals surface area contributed by atoms with Crippen molar-refractivity contribution in [2.75, 3.05) is 0 Å². The molecule has 14 heavy (non-hydrogen) atoms. The topological polar surface area (TPSA) is 55.2 Å². The molecule has 0 aliphatic rings. The number of aromatic nitrogens is 2. The molecule has 1 heterocycles. The molecule has 0 radical (unpaired) electrons. The Labute approximate surface area is 80.8 Å². The van der Waals surface area contributed by atoms with Gasteiger partial charge in [0.25, 0.3) is 0 Å². The van der Waals surface area contributed by atoms with Crippen LogP contribution in [0, 0.1) is 0 Å². The molecule has 0 spiro atoms. The molecule has 0 aliphatic carbocycles. The summed E-state index contributed by atoms with van der Waals surface area (Å²) in [5, 5.41) is 9.04. The Hall–Kier alpha value is -2.10. The second kappa shape index (κ2) is 3.74. The predicted molar refractivity (Wildman–Crippen MR) is 50.2 cm³/mol. The molecular weight excluding hydrogens is 180 g/mol. The predicted octanol–water partition coefficient (Wildman–Crippen LogP) is 1.97. The maximum absolute atomic E-state index is 9.04. The van der Waals surface area contributed by atoms with Gasteiger partial charge in [0.05, 0.1) is 6.20 Å². The highest BCUT2D eigenvalue weighted by Gasteiger charge is 1.97. The first-order valence-corrected chi connectivity index (χ1v) is 4.07. The Bertz CT molecular complexity index is 400. The number of hydrogen-bond acceptors (Lipinski definition) is 4. The van der Waals surface area contributed by atoms with Crippen molar-refractivity contribution in [3.8, 4) is 17.4 Å². The van der Waals surface area contributed by atoms with E-state index in [1.807, 2.05) is 0 Å². The van der Waals surface area contributed by atoms with E-state index in [2.05, 4.69) is 9.97 Å². The number of aromatic hydroxyl groups is 1. The van der Waals surface area contributed by atoms with E-state index in [4.69, 9.17) is 9.84 Å². The maximum atomic E-state index is 9.04. The van der Waals surface area contributed by atoms with E-state index >= 15 is 0 Å². The molecule has 2 rings (SSSR count). The molecule has 0 unspecified atom stereocenters. The normalized spacial score (nSPS) is 9.71. The van der Waals surface area contributed by atoms with Crippen LogP contribution in [0.2, 0.25) is 0 Å². The number of phenolic OH excluding ortho intramolecular Hbond substituents is 1. The summed E-state index contributed by atoms with van der Waals surface area (Å²) < 4.78 is 5.35. The van der Waals surface area contributed by atoms with Crippen LogP contribution in [-0.2, 0) is 0 Å². The van der Waals surface area contributed by atoms with E-state index in [1.54, 1.807) is 36.7 Å². The van der Waals surface area contributed by atoms with Crippen LogP contribution >= 0.6 is 0 Å². The molecule has 0 fully saturated rings. The molecule has 0 atom stereocenters. The van der Waals surface area contributed by atoms with Gasteiger partial charge in [0.1, 0.15) is 11.5 Å². The van der Waals surface area contributed by atoms with Crippen molar-refractivity contribution in [2.45, 2.75) is 0 Å². The molecule has 0 saturated heterocycles. The number of hydrogen-bond donors (Lipinski definition) is 1. The summed E-state index contributed by atoms with van der Waals surface area (Å²) in [4.78, 5) is 7.81. The van der Waals surface area contributed by atoms with Crippen LogP contribution in [-0.4, -0.2) is 15.1 Å². The highest BCUT2D eigenvalue weighted by molar-refractivity contribution is 5.32. The first-order chi connectivity index (χ1) is 6.84. The summed E-state index contributed by atoms with van der Waals surface area (Å²) in [6.45, 7) is 0. The summed E-state index contributed by atoms with van der Waals surface area (Å²) in [5.74, 6) is 1.25. The Morgan fingerprint density at radius 3 is 2.50 bits per heavy atom. The molecule has 0 saturated carbocycles. The lowest BCUT2D eigenvalue weighted by Gasteiger charge is -2.02. The number of phenols is 1. The molecule has 0 aliphatic heterocycles. The second-order valence-corrected chi connectivity index (χ2v) is 2.64. The molecule has 4 nitrogen and oxygen atoms in total. The van der Waals surface area contributed by atoms with E-state index in [0.717, 1.165) is 0 Å². The van der Waals surface area contributed by atoms with Crippen molar-refractivity contribution in [1.29, 1.82) is 0 Å². The first-order valence-electron chi connectivity index (χ1n) is 4.07. The standard InChI is InChI=1S/C10H8N2O2/c13-8-1-3-9(4-2-8)14-10-7-11-5-6-12-10/h1-7,13H. The van der Waals surface area contributed by atoms with Crippen molar-refractivity contribution >= 4 is 0 Å². The fourth-order valence-electron chi connectivity index (χ4n) is 0.973. The molecule has 70 valence electrons. The molecule has 0 bridgehead atoms. The van der Waals surface area contributed by atoms with Crippen LogP contribution in [0.1, 0.15) is 0 Å². The fraction of sp³-hybridized carbons (Fsp3) is 0. The van der Waals surface area contributed by atoms with Gasteiger partial charge in [-0.15, -0.1) is 0 Å². The number of ether oxygens (including phenoxy) is 1. The van der Waals surface area contributed by atoms with Crippen molar-refractivity contribution in [2.24, 2.45) is 0 Å². The zero-order chi connectivity index (χ0) is 9.80. The number of rotatable bonds is 2. The Morgan fingerprint density at radius 2 is 1.86 bits per heavy atom. The smallest absolute Gasteiger partial charge is 0.237 e. The van der Waals surface area contributed by atoms with Gasteiger partial charge >= 0.3 is 0 Å². The third kappa shape index (κ3) is 1.98. The Balaban J connectivity index is 2.16. The van der Waals surface area contributed by atoms with Crippen LogP contribution in [0.5, 0.6) is 17.4 Å². The van der Waals surface area contributed by atoms with Crippen molar-refractivity contribution in [3.05, 3.63) is 42.9 Å². The van der Waals surface area contributed by atoms with E-state index < -0.39 is 0 Å². The van der Waals surface area contributed by atoms with Gasteiger partial charge in [0.2, 0.25) is 5.88 Å².